The zero-order valence-corrected chi connectivity index (χ0v) is 12.1. The van der Waals surface area contributed by atoms with Gasteiger partial charge in [-0.1, -0.05) is 0 Å². The maximum absolute atomic E-state index is 13.7. The molecule has 0 radical (unpaired) electrons. The molecule has 1 fully saturated rings. The van der Waals surface area contributed by atoms with E-state index in [1.54, 1.807) is 4.90 Å². The van der Waals surface area contributed by atoms with Crippen molar-refractivity contribution in [2.75, 3.05) is 6.54 Å². The molecule has 1 aliphatic heterocycles. The molecule has 1 amide bonds. The van der Waals surface area contributed by atoms with Gasteiger partial charge in [-0.15, -0.1) is 12.4 Å². The molecule has 1 aromatic rings. The molecule has 1 aliphatic rings. The summed E-state index contributed by atoms with van der Waals surface area (Å²) in [7, 11) is 0. The zero-order chi connectivity index (χ0) is 14.0. The highest BCUT2D eigenvalue weighted by atomic mass is 35.5. The molecule has 1 aromatic carbocycles. The van der Waals surface area contributed by atoms with Crippen LogP contribution in [0.1, 0.15) is 36.5 Å². The van der Waals surface area contributed by atoms with Gasteiger partial charge in [0.05, 0.1) is 5.56 Å². The van der Waals surface area contributed by atoms with Crippen molar-refractivity contribution in [2.24, 2.45) is 5.73 Å². The standard InChI is InChI=1S/C14H18F2N2O.ClH/c1-9(17)13-4-2-3-7-18(13)14(19)11-8-10(15)5-6-12(11)16;/h5-6,8-9,13H,2-4,7,17H2,1H3;1H. The smallest absolute Gasteiger partial charge is 0.257 e. The second-order valence-electron chi connectivity index (χ2n) is 5.04. The Balaban J connectivity index is 0.00000200. The Labute approximate surface area is 123 Å². The normalized spacial score (nSPS) is 20.2. The monoisotopic (exact) mass is 304 g/mol. The van der Waals surface area contributed by atoms with Gasteiger partial charge >= 0.3 is 0 Å². The fourth-order valence-corrected chi connectivity index (χ4v) is 2.57. The molecule has 1 saturated heterocycles. The number of piperidine rings is 1. The van der Waals surface area contributed by atoms with Crippen LogP contribution in [0.4, 0.5) is 8.78 Å². The first kappa shape index (κ1) is 16.9. The number of nitrogens with zero attached hydrogens (tertiary/aromatic N) is 1. The number of halogens is 3. The largest absolute Gasteiger partial charge is 0.334 e. The van der Waals surface area contributed by atoms with E-state index in [9.17, 15) is 13.6 Å². The third-order valence-corrected chi connectivity index (χ3v) is 3.58. The average molecular weight is 305 g/mol. The third-order valence-electron chi connectivity index (χ3n) is 3.58. The Kier molecular flexibility index (Phi) is 5.89. The predicted molar refractivity (Wildman–Crippen MR) is 75.9 cm³/mol. The van der Waals surface area contributed by atoms with Crippen LogP contribution in [0.25, 0.3) is 0 Å². The van der Waals surface area contributed by atoms with Crippen molar-refractivity contribution in [2.45, 2.75) is 38.3 Å². The molecule has 0 bridgehead atoms. The lowest BCUT2D eigenvalue weighted by Crippen LogP contribution is -2.51. The molecule has 2 unspecified atom stereocenters. The van der Waals surface area contributed by atoms with E-state index in [2.05, 4.69) is 0 Å². The summed E-state index contributed by atoms with van der Waals surface area (Å²) in [5.41, 5.74) is 5.66. The van der Waals surface area contributed by atoms with Crippen LogP contribution in [0.3, 0.4) is 0 Å². The lowest BCUT2D eigenvalue weighted by atomic mass is 9.96. The van der Waals surface area contributed by atoms with Gasteiger partial charge in [-0.3, -0.25) is 4.79 Å². The van der Waals surface area contributed by atoms with Gasteiger partial charge in [-0.2, -0.15) is 0 Å². The summed E-state index contributed by atoms with van der Waals surface area (Å²) in [6, 6.07) is 2.65. The minimum absolute atomic E-state index is 0. The second-order valence-corrected chi connectivity index (χ2v) is 5.04. The van der Waals surface area contributed by atoms with Gasteiger partial charge in [0.15, 0.2) is 0 Å². The van der Waals surface area contributed by atoms with E-state index in [0.29, 0.717) is 6.54 Å². The summed E-state index contributed by atoms with van der Waals surface area (Å²) >= 11 is 0. The zero-order valence-electron chi connectivity index (χ0n) is 11.3. The highest BCUT2D eigenvalue weighted by Gasteiger charge is 2.31. The quantitative estimate of drug-likeness (QED) is 0.913. The van der Waals surface area contributed by atoms with Crippen LogP contribution >= 0.6 is 12.4 Å². The SMILES string of the molecule is CC(N)C1CCCCN1C(=O)c1cc(F)ccc1F.Cl. The minimum Gasteiger partial charge on any atom is -0.334 e. The Hall–Kier alpha value is -1.20. The highest BCUT2D eigenvalue weighted by Crippen LogP contribution is 2.22. The Morgan fingerprint density at radius 1 is 1.40 bits per heavy atom. The molecule has 112 valence electrons. The summed E-state index contributed by atoms with van der Waals surface area (Å²) in [5, 5.41) is 0. The van der Waals surface area contributed by atoms with Crippen LogP contribution in [0.5, 0.6) is 0 Å². The maximum atomic E-state index is 13.7. The second kappa shape index (κ2) is 6.99. The molecular weight excluding hydrogens is 286 g/mol. The van der Waals surface area contributed by atoms with E-state index in [1.807, 2.05) is 6.92 Å². The van der Waals surface area contributed by atoms with Gasteiger partial charge in [0.1, 0.15) is 11.6 Å². The van der Waals surface area contributed by atoms with Gasteiger partial charge < -0.3 is 10.6 Å². The van der Waals surface area contributed by atoms with Gasteiger partial charge in [0.25, 0.3) is 5.91 Å². The van der Waals surface area contributed by atoms with Crippen molar-refractivity contribution < 1.29 is 13.6 Å². The van der Waals surface area contributed by atoms with E-state index in [4.69, 9.17) is 5.73 Å². The van der Waals surface area contributed by atoms with Gasteiger partial charge in [-0.05, 0) is 44.4 Å². The van der Waals surface area contributed by atoms with Crippen LogP contribution in [-0.2, 0) is 0 Å². The first-order valence-corrected chi connectivity index (χ1v) is 6.52. The molecule has 2 atom stereocenters. The van der Waals surface area contributed by atoms with E-state index in [0.717, 1.165) is 37.5 Å². The fraction of sp³-hybridized carbons (Fsp3) is 0.500. The molecule has 20 heavy (non-hydrogen) atoms. The fourth-order valence-electron chi connectivity index (χ4n) is 2.57. The first-order chi connectivity index (χ1) is 9.00. The molecule has 6 heteroatoms. The molecule has 2 N–H and O–H groups in total. The van der Waals surface area contributed by atoms with Crippen LogP contribution < -0.4 is 5.73 Å². The summed E-state index contributed by atoms with van der Waals surface area (Å²) in [5.74, 6) is -1.78. The molecule has 3 nitrogen and oxygen atoms in total. The van der Waals surface area contributed by atoms with E-state index in [-0.39, 0.29) is 30.1 Å². The van der Waals surface area contributed by atoms with Gasteiger partial charge in [0, 0.05) is 18.6 Å². The number of rotatable bonds is 2. The van der Waals surface area contributed by atoms with Crippen LogP contribution in [0.2, 0.25) is 0 Å². The number of likely N-dealkylation sites (tertiary alicyclic amines) is 1. The molecule has 0 aliphatic carbocycles. The molecular formula is C14H19ClF2N2O. The van der Waals surface area contributed by atoms with Crippen molar-refractivity contribution >= 4 is 18.3 Å². The minimum atomic E-state index is -0.694. The topological polar surface area (TPSA) is 46.3 Å². The summed E-state index contributed by atoms with van der Waals surface area (Å²) in [6.07, 6.45) is 2.67. The molecule has 1 heterocycles. The molecule has 2 rings (SSSR count). The Bertz CT molecular complexity index is 482. The van der Waals surface area contributed by atoms with Crippen molar-refractivity contribution in [1.29, 1.82) is 0 Å². The van der Waals surface area contributed by atoms with Gasteiger partial charge in [0.2, 0.25) is 0 Å². The Morgan fingerprint density at radius 2 is 2.10 bits per heavy atom. The molecule has 0 saturated carbocycles. The number of carbonyl (C=O) groups is 1. The number of hydrogen-bond acceptors (Lipinski definition) is 2. The van der Waals surface area contributed by atoms with Crippen LogP contribution in [-0.4, -0.2) is 29.4 Å². The van der Waals surface area contributed by atoms with E-state index in [1.165, 1.54) is 0 Å². The van der Waals surface area contributed by atoms with E-state index < -0.39 is 17.5 Å². The van der Waals surface area contributed by atoms with Gasteiger partial charge in [-0.25, -0.2) is 8.78 Å². The number of hydrogen-bond donors (Lipinski definition) is 1. The van der Waals surface area contributed by atoms with E-state index >= 15 is 0 Å². The summed E-state index contributed by atoms with van der Waals surface area (Å²) in [6.45, 7) is 2.37. The molecule has 0 aromatic heterocycles. The van der Waals surface area contributed by atoms with Crippen molar-refractivity contribution in [3.8, 4) is 0 Å². The Morgan fingerprint density at radius 3 is 2.75 bits per heavy atom. The first-order valence-electron chi connectivity index (χ1n) is 6.52. The number of carbonyl (C=O) groups excluding carboxylic acids is 1. The number of benzene rings is 1. The lowest BCUT2D eigenvalue weighted by Gasteiger charge is -2.38. The maximum Gasteiger partial charge on any atom is 0.257 e. The summed E-state index contributed by atoms with van der Waals surface area (Å²) < 4.78 is 26.8. The van der Waals surface area contributed by atoms with Crippen LogP contribution in [0, 0.1) is 11.6 Å². The predicted octanol–water partition coefficient (Wildman–Crippen LogP) is 2.73. The number of amides is 1. The average Bonchev–Trinajstić information content (AvgIpc) is 2.40. The van der Waals surface area contributed by atoms with Crippen molar-refractivity contribution in [3.05, 3.63) is 35.4 Å². The third kappa shape index (κ3) is 3.46. The van der Waals surface area contributed by atoms with Crippen LogP contribution in [0.15, 0.2) is 18.2 Å². The van der Waals surface area contributed by atoms with Crippen molar-refractivity contribution in [3.63, 3.8) is 0 Å². The lowest BCUT2D eigenvalue weighted by molar-refractivity contribution is 0.0578. The number of nitrogens with two attached hydrogens (primary N) is 1. The highest BCUT2D eigenvalue weighted by molar-refractivity contribution is 5.94. The van der Waals surface area contributed by atoms with Crippen molar-refractivity contribution in [1.82, 2.24) is 4.90 Å². The summed E-state index contributed by atoms with van der Waals surface area (Å²) in [4.78, 5) is 13.9. The molecule has 0 spiro atoms.